The largest absolute Gasteiger partial charge is 0.387 e. The number of aromatic nitrogens is 1. The Kier molecular flexibility index (Phi) is 4.21. The van der Waals surface area contributed by atoms with Crippen molar-refractivity contribution < 1.29 is 0 Å². The van der Waals surface area contributed by atoms with Crippen molar-refractivity contribution in [2.45, 2.75) is 27.2 Å². The molecule has 0 aliphatic rings. The summed E-state index contributed by atoms with van der Waals surface area (Å²) in [6.07, 6.45) is 2.64. The maximum Gasteiger partial charge on any atom is 0.0965 e. The van der Waals surface area contributed by atoms with Crippen LogP contribution in [0.5, 0.6) is 0 Å². The third kappa shape index (κ3) is 3.87. The Morgan fingerprint density at radius 3 is 2.47 bits per heavy atom. The van der Waals surface area contributed by atoms with E-state index in [0.29, 0.717) is 5.84 Å². The molecule has 3 nitrogen and oxygen atoms in total. The quantitative estimate of drug-likeness (QED) is 0.489. The minimum atomic E-state index is 0.516. The van der Waals surface area contributed by atoms with Gasteiger partial charge in [-0.3, -0.25) is 4.98 Å². The second-order valence-corrected chi connectivity index (χ2v) is 4.38. The lowest BCUT2D eigenvalue weighted by Crippen LogP contribution is -2.04. The number of amidine groups is 1. The Balaban J connectivity index is 3.24. The van der Waals surface area contributed by atoms with Crippen molar-refractivity contribution >= 4 is 17.1 Å². The summed E-state index contributed by atoms with van der Waals surface area (Å²) in [6.45, 7) is 13.4. The van der Waals surface area contributed by atoms with Crippen molar-refractivity contribution in [2.24, 2.45) is 10.7 Å². The van der Waals surface area contributed by atoms with Gasteiger partial charge in [-0.1, -0.05) is 18.7 Å². The smallest absolute Gasteiger partial charge is 0.0965 e. The molecule has 1 rings (SSSR count). The maximum absolute atomic E-state index is 5.62. The van der Waals surface area contributed by atoms with E-state index in [-0.39, 0.29) is 0 Å². The van der Waals surface area contributed by atoms with E-state index in [9.17, 15) is 0 Å². The van der Waals surface area contributed by atoms with E-state index in [1.165, 1.54) is 0 Å². The van der Waals surface area contributed by atoms with Crippen LogP contribution in [0.3, 0.4) is 0 Å². The molecule has 1 aromatic rings. The topological polar surface area (TPSA) is 51.3 Å². The van der Waals surface area contributed by atoms with Gasteiger partial charge in [0.1, 0.15) is 0 Å². The van der Waals surface area contributed by atoms with Crippen molar-refractivity contribution in [3.63, 3.8) is 0 Å². The first-order chi connectivity index (χ1) is 7.90. The Labute approximate surface area is 103 Å². The average molecular weight is 229 g/mol. The molecule has 1 aromatic heterocycles. The fourth-order valence-electron chi connectivity index (χ4n) is 1.54. The van der Waals surface area contributed by atoms with Gasteiger partial charge in [-0.15, -0.1) is 0 Å². The van der Waals surface area contributed by atoms with Crippen LogP contribution >= 0.6 is 0 Å². The number of pyridine rings is 1. The molecule has 2 N–H and O–H groups in total. The van der Waals surface area contributed by atoms with Crippen molar-refractivity contribution in [3.05, 3.63) is 42.3 Å². The van der Waals surface area contributed by atoms with Crippen molar-refractivity contribution in [2.75, 3.05) is 0 Å². The van der Waals surface area contributed by atoms with Crippen LogP contribution in [-0.2, 0) is 6.42 Å². The van der Waals surface area contributed by atoms with Gasteiger partial charge < -0.3 is 5.73 Å². The molecular formula is C14H19N3. The summed E-state index contributed by atoms with van der Waals surface area (Å²) in [5.74, 6) is 0.516. The molecule has 3 heteroatoms. The summed E-state index contributed by atoms with van der Waals surface area (Å²) in [4.78, 5) is 8.67. The SMILES string of the molecule is C=C(C)Cc1cnc(C(=C)C)c(N=C(C)N)c1. The number of nitrogens with two attached hydrogens (primary N) is 1. The van der Waals surface area contributed by atoms with Crippen molar-refractivity contribution in [1.29, 1.82) is 0 Å². The molecule has 0 spiro atoms. The van der Waals surface area contributed by atoms with E-state index in [1.54, 1.807) is 6.92 Å². The average Bonchev–Trinajstić information content (AvgIpc) is 2.15. The second-order valence-electron chi connectivity index (χ2n) is 4.38. The highest BCUT2D eigenvalue weighted by Gasteiger charge is 2.06. The molecule has 0 saturated carbocycles. The lowest BCUT2D eigenvalue weighted by atomic mass is 10.1. The zero-order chi connectivity index (χ0) is 13.0. The summed E-state index contributed by atoms with van der Waals surface area (Å²) in [5.41, 5.74) is 10.2. The molecule has 90 valence electrons. The predicted octanol–water partition coefficient (Wildman–Crippen LogP) is 3.24. The minimum absolute atomic E-state index is 0.516. The Morgan fingerprint density at radius 2 is 2.00 bits per heavy atom. The summed E-state index contributed by atoms with van der Waals surface area (Å²) in [5, 5.41) is 0. The predicted molar refractivity (Wildman–Crippen MR) is 74.4 cm³/mol. The van der Waals surface area contributed by atoms with Crippen LogP contribution in [0.15, 0.2) is 36.0 Å². The minimum Gasteiger partial charge on any atom is -0.387 e. The maximum atomic E-state index is 5.62. The molecule has 0 aliphatic carbocycles. The molecule has 0 aromatic carbocycles. The Bertz CT molecular complexity index is 480. The molecule has 0 amide bonds. The zero-order valence-corrected chi connectivity index (χ0v) is 10.7. The molecule has 0 unspecified atom stereocenters. The molecule has 0 fully saturated rings. The van der Waals surface area contributed by atoms with Crippen molar-refractivity contribution in [1.82, 2.24) is 4.98 Å². The number of aliphatic imine (C=N–C) groups is 1. The standard InChI is InChI=1S/C14H19N3/c1-9(2)6-12-7-13(17-11(5)15)14(10(3)4)16-8-12/h7-8H,1,3,6H2,2,4-5H3,(H2,15,17). The van der Waals surface area contributed by atoms with E-state index in [4.69, 9.17) is 5.73 Å². The molecule has 0 aliphatic heterocycles. The number of hydrogen-bond donors (Lipinski definition) is 1. The molecule has 0 saturated heterocycles. The van der Waals surface area contributed by atoms with Gasteiger partial charge in [0.15, 0.2) is 0 Å². The number of nitrogens with zero attached hydrogens (tertiary/aromatic N) is 2. The van der Waals surface area contributed by atoms with E-state index in [0.717, 1.165) is 34.5 Å². The molecule has 0 radical (unpaired) electrons. The van der Waals surface area contributed by atoms with Crippen LogP contribution in [0, 0.1) is 0 Å². The van der Waals surface area contributed by atoms with E-state index < -0.39 is 0 Å². The van der Waals surface area contributed by atoms with Gasteiger partial charge in [0.2, 0.25) is 0 Å². The molecule has 1 heterocycles. The molecule has 17 heavy (non-hydrogen) atoms. The normalized spacial score (nSPS) is 11.4. The first-order valence-corrected chi connectivity index (χ1v) is 5.50. The van der Waals surface area contributed by atoms with Crippen LogP contribution in [0.4, 0.5) is 5.69 Å². The highest BCUT2D eigenvalue weighted by Crippen LogP contribution is 2.25. The van der Waals surface area contributed by atoms with Crippen LogP contribution in [0.1, 0.15) is 32.0 Å². The highest BCUT2D eigenvalue weighted by molar-refractivity contribution is 5.83. The van der Waals surface area contributed by atoms with Crippen LogP contribution in [0.2, 0.25) is 0 Å². The van der Waals surface area contributed by atoms with Crippen molar-refractivity contribution in [3.8, 4) is 0 Å². The van der Waals surface area contributed by atoms with E-state index >= 15 is 0 Å². The fourth-order valence-corrected chi connectivity index (χ4v) is 1.54. The number of allylic oxidation sites excluding steroid dienone is 2. The summed E-state index contributed by atoms with van der Waals surface area (Å²) in [7, 11) is 0. The van der Waals surface area contributed by atoms with Gasteiger partial charge in [0, 0.05) is 6.20 Å². The van der Waals surface area contributed by atoms with Crippen LogP contribution in [0.25, 0.3) is 5.57 Å². The van der Waals surface area contributed by atoms with Gasteiger partial charge >= 0.3 is 0 Å². The first-order valence-electron chi connectivity index (χ1n) is 5.50. The van der Waals surface area contributed by atoms with E-state index in [2.05, 4.69) is 23.1 Å². The van der Waals surface area contributed by atoms with Crippen LogP contribution in [-0.4, -0.2) is 10.8 Å². The summed E-state index contributed by atoms with van der Waals surface area (Å²) < 4.78 is 0. The molecule has 0 bridgehead atoms. The van der Waals surface area contributed by atoms with E-state index in [1.807, 2.05) is 26.1 Å². The van der Waals surface area contributed by atoms with Gasteiger partial charge in [0.05, 0.1) is 17.2 Å². The fraction of sp³-hybridized carbons (Fsp3) is 0.286. The molecule has 0 atom stereocenters. The summed E-state index contributed by atoms with van der Waals surface area (Å²) >= 11 is 0. The number of hydrogen-bond acceptors (Lipinski definition) is 2. The third-order valence-corrected chi connectivity index (χ3v) is 2.13. The lowest BCUT2D eigenvalue weighted by Gasteiger charge is -2.07. The monoisotopic (exact) mass is 229 g/mol. The third-order valence-electron chi connectivity index (χ3n) is 2.13. The number of rotatable bonds is 4. The molecular weight excluding hydrogens is 210 g/mol. The van der Waals surface area contributed by atoms with Crippen LogP contribution < -0.4 is 5.73 Å². The Morgan fingerprint density at radius 1 is 1.35 bits per heavy atom. The van der Waals surface area contributed by atoms with Gasteiger partial charge in [-0.2, -0.15) is 0 Å². The second kappa shape index (κ2) is 5.43. The lowest BCUT2D eigenvalue weighted by molar-refractivity contribution is 1.10. The first kappa shape index (κ1) is 13.2. The van der Waals surface area contributed by atoms with Gasteiger partial charge in [0.25, 0.3) is 0 Å². The van der Waals surface area contributed by atoms with Gasteiger partial charge in [-0.25, -0.2) is 4.99 Å². The summed E-state index contributed by atoms with van der Waals surface area (Å²) in [6, 6.07) is 1.99. The highest BCUT2D eigenvalue weighted by atomic mass is 14.9. The Hall–Kier alpha value is -1.90. The zero-order valence-electron chi connectivity index (χ0n) is 10.7. The van der Waals surface area contributed by atoms with Gasteiger partial charge in [-0.05, 0) is 44.4 Å².